The number of nitrogens with zero attached hydrogens (tertiary/aromatic N) is 2. The zero-order valence-electron chi connectivity index (χ0n) is 20.6. The van der Waals surface area contributed by atoms with Crippen LogP contribution in [-0.2, 0) is 6.54 Å². The first kappa shape index (κ1) is 26.5. The molecule has 1 aromatic heterocycles. The molecule has 7 heteroatoms. The van der Waals surface area contributed by atoms with Crippen LogP contribution in [0.5, 0.6) is 0 Å². The second-order valence-corrected chi connectivity index (χ2v) is 9.47. The van der Waals surface area contributed by atoms with Crippen LogP contribution in [0, 0.1) is 11.8 Å². The Morgan fingerprint density at radius 1 is 1.06 bits per heavy atom. The van der Waals surface area contributed by atoms with Gasteiger partial charge in [-0.3, -0.25) is 14.5 Å². The van der Waals surface area contributed by atoms with E-state index in [1.807, 2.05) is 12.1 Å². The van der Waals surface area contributed by atoms with Crippen molar-refractivity contribution in [2.24, 2.45) is 0 Å². The van der Waals surface area contributed by atoms with Crippen LogP contribution in [0.25, 0.3) is 10.9 Å². The fourth-order valence-corrected chi connectivity index (χ4v) is 4.30. The van der Waals surface area contributed by atoms with Gasteiger partial charge in [-0.25, -0.2) is 0 Å². The molecular weight excluding hydrogens is 462 g/mol. The number of benzene rings is 2. The molecular formula is C28H32ClN3O3. The van der Waals surface area contributed by atoms with Gasteiger partial charge in [0.05, 0.1) is 0 Å². The maximum atomic E-state index is 13.7. The third-order valence-electron chi connectivity index (χ3n) is 5.95. The largest absolute Gasteiger partial charge is 0.384 e. The number of fused-ring (bicyclic) bond motifs is 1. The van der Waals surface area contributed by atoms with E-state index in [4.69, 9.17) is 16.7 Å². The van der Waals surface area contributed by atoms with Crippen LogP contribution in [0.3, 0.4) is 0 Å². The molecule has 35 heavy (non-hydrogen) atoms. The summed E-state index contributed by atoms with van der Waals surface area (Å²) in [6, 6.07) is 13.2. The Morgan fingerprint density at radius 3 is 2.37 bits per heavy atom. The molecule has 0 saturated heterocycles. The summed E-state index contributed by atoms with van der Waals surface area (Å²) in [5, 5.41) is 9.98. The number of carbonyl (C=O) groups excluding carboxylic acids is 1. The van der Waals surface area contributed by atoms with Gasteiger partial charge in [-0.15, -0.1) is 0 Å². The van der Waals surface area contributed by atoms with Gasteiger partial charge < -0.3 is 15.0 Å². The Morgan fingerprint density at radius 2 is 1.74 bits per heavy atom. The first-order valence-corrected chi connectivity index (χ1v) is 12.1. The number of pyridine rings is 1. The summed E-state index contributed by atoms with van der Waals surface area (Å²) in [5.41, 5.74) is 1.89. The zero-order chi connectivity index (χ0) is 25.5. The second-order valence-electron chi connectivity index (χ2n) is 9.03. The molecule has 0 spiro atoms. The number of aliphatic hydroxyl groups excluding tert-OH is 1. The van der Waals surface area contributed by atoms with E-state index >= 15 is 0 Å². The van der Waals surface area contributed by atoms with Gasteiger partial charge in [0.2, 0.25) is 5.43 Å². The van der Waals surface area contributed by atoms with Crippen molar-refractivity contribution >= 4 is 28.4 Å². The van der Waals surface area contributed by atoms with E-state index in [0.717, 1.165) is 5.56 Å². The molecule has 0 aliphatic heterocycles. The molecule has 184 valence electrons. The molecule has 1 heterocycles. The fraction of sp³-hybridized carbons (Fsp3) is 0.357. The molecule has 1 amide bonds. The van der Waals surface area contributed by atoms with Crippen molar-refractivity contribution in [3.63, 3.8) is 0 Å². The lowest BCUT2D eigenvalue weighted by molar-refractivity contribution is 0.0692. The highest BCUT2D eigenvalue weighted by Gasteiger charge is 2.22. The molecule has 0 fully saturated rings. The summed E-state index contributed by atoms with van der Waals surface area (Å²) in [5.74, 6) is 5.07. The van der Waals surface area contributed by atoms with Crippen molar-refractivity contribution in [1.82, 2.24) is 14.8 Å². The Kier molecular flexibility index (Phi) is 9.11. The van der Waals surface area contributed by atoms with Crippen LogP contribution in [0.4, 0.5) is 0 Å². The molecule has 0 atom stereocenters. The lowest BCUT2D eigenvalue weighted by Gasteiger charge is -2.33. The highest BCUT2D eigenvalue weighted by atomic mass is 35.5. The van der Waals surface area contributed by atoms with Gasteiger partial charge in [-0.1, -0.05) is 35.6 Å². The van der Waals surface area contributed by atoms with E-state index < -0.39 is 0 Å². The van der Waals surface area contributed by atoms with Gasteiger partial charge in [0.1, 0.15) is 12.2 Å². The van der Waals surface area contributed by atoms with Gasteiger partial charge in [0, 0.05) is 59.4 Å². The maximum absolute atomic E-state index is 13.7. The van der Waals surface area contributed by atoms with Crippen molar-refractivity contribution < 1.29 is 9.90 Å². The summed E-state index contributed by atoms with van der Waals surface area (Å²) in [6.45, 7) is 9.79. The van der Waals surface area contributed by atoms with Crippen LogP contribution < -0.4 is 5.43 Å². The average Bonchev–Trinajstić information content (AvgIpc) is 2.83. The van der Waals surface area contributed by atoms with E-state index in [-0.39, 0.29) is 23.5 Å². The van der Waals surface area contributed by atoms with Crippen molar-refractivity contribution in [3.8, 4) is 11.8 Å². The number of amides is 1. The smallest absolute Gasteiger partial charge is 0.259 e. The Balaban J connectivity index is 1.97. The van der Waals surface area contributed by atoms with Crippen LogP contribution in [0.15, 0.2) is 53.5 Å². The molecule has 2 N–H and O–H groups in total. The third-order valence-corrected chi connectivity index (χ3v) is 6.20. The van der Waals surface area contributed by atoms with Gasteiger partial charge in [0.15, 0.2) is 0 Å². The van der Waals surface area contributed by atoms with E-state index in [9.17, 15) is 9.59 Å². The van der Waals surface area contributed by atoms with Gasteiger partial charge in [0.25, 0.3) is 5.91 Å². The van der Waals surface area contributed by atoms with Crippen LogP contribution in [-0.4, -0.2) is 57.6 Å². The van der Waals surface area contributed by atoms with Crippen LogP contribution >= 0.6 is 11.6 Å². The number of halogens is 1. The lowest BCUT2D eigenvalue weighted by Crippen LogP contribution is -2.44. The van der Waals surface area contributed by atoms with E-state index in [1.165, 1.54) is 6.20 Å². The molecule has 0 radical (unpaired) electrons. The predicted octanol–water partition coefficient (Wildman–Crippen LogP) is 4.29. The number of hydrogen-bond donors (Lipinski definition) is 2. The standard InChI is InChI=1S/C28H32ClN3O3/c1-19(2)32(20(3)4)14-13-31(18-22-7-10-23(29)11-8-22)28(35)25-17-30-26-12-9-21(6-5-15-33)16-24(26)27(25)34/h7-12,16-17,19-20,33H,13-15,18H2,1-4H3,(H,30,34). The minimum absolute atomic E-state index is 0.0828. The Labute approximate surface area is 211 Å². The summed E-state index contributed by atoms with van der Waals surface area (Å²) in [6.07, 6.45) is 1.49. The van der Waals surface area contributed by atoms with E-state index in [2.05, 4.69) is 49.4 Å². The zero-order valence-corrected chi connectivity index (χ0v) is 21.4. The van der Waals surface area contributed by atoms with E-state index in [1.54, 1.807) is 35.2 Å². The van der Waals surface area contributed by atoms with Crippen molar-refractivity contribution in [1.29, 1.82) is 0 Å². The molecule has 2 aromatic carbocycles. The highest BCUT2D eigenvalue weighted by molar-refractivity contribution is 6.30. The predicted molar refractivity (Wildman–Crippen MR) is 142 cm³/mol. The summed E-state index contributed by atoms with van der Waals surface area (Å²) in [4.78, 5) is 34.2. The minimum atomic E-state index is -0.345. The molecule has 0 bridgehead atoms. The Hall–Kier alpha value is -3.11. The third kappa shape index (κ3) is 6.73. The van der Waals surface area contributed by atoms with Gasteiger partial charge in [-0.2, -0.15) is 0 Å². The number of carbonyl (C=O) groups is 1. The second kappa shape index (κ2) is 12.0. The molecule has 3 aromatic rings. The fourth-order valence-electron chi connectivity index (χ4n) is 4.18. The van der Waals surface area contributed by atoms with Gasteiger partial charge >= 0.3 is 0 Å². The first-order chi connectivity index (χ1) is 16.7. The molecule has 0 unspecified atom stereocenters. The number of hydrogen-bond acceptors (Lipinski definition) is 4. The SMILES string of the molecule is CC(C)N(CCN(Cc1ccc(Cl)cc1)C(=O)c1c[nH]c2ccc(C#CCO)cc2c1=O)C(C)C. The molecule has 0 aliphatic rings. The topological polar surface area (TPSA) is 76.6 Å². The molecule has 0 aliphatic carbocycles. The maximum Gasteiger partial charge on any atom is 0.259 e. The van der Waals surface area contributed by atoms with E-state index in [0.29, 0.717) is 53.2 Å². The number of nitrogens with one attached hydrogen (secondary N) is 1. The highest BCUT2D eigenvalue weighted by Crippen LogP contribution is 2.16. The summed E-state index contributed by atoms with van der Waals surface area (Å²) < 4.78 is 0. The van der Waals surface area contributed by atoms with Crippen molar-refractivity contribution in [3.05, 3.63) is 80.6 Å². The average molecular weight is 494 g/mol. The number of aromatic nitrogens is 1. The summed E-state index contributed by atoms with van der Waals surface area (Å²) in [7, 11) is 0. The van der Waals surface area contributed by atoms with Crippen LogP contribution in [0.1, 0.15) is 49.2 Å². The lowest BCUT2D eigenvalue weighted by atomic mass is 10.1. The normalized spacial score (nSPS) is 11.2. The monoisotopic (exact) mass is 493 g/mol. The number of rotatable bonds is 8. The quantitative estimate of drug-likeness (QED) is 0.459. The number of aromatic amines is 1. The summed E-state index contributed by atoms with van der Waals surface area (Å²) >= 11 is 6.04. The molecule has 6 nitrogen and oxygen atoms in total. The molecule has 0 saturated carbocycles. The molecule has 3 rings (SSSR count). The minimum Gasteiger partial charge on any atom is -0.384 e. The van der Waals surface area contributed by atoms with Gasteiger partial charge in [-0.05, 0) is 63.6 Å². The number of H-pyrrole nitrogens is 1. The van der Waals surface area contributed by atoms with Crippen molar-refractivity contribution in [2.75, 3.05) is 19.7 Å². The number of aliphatic hydroxyl groups is 1. The van der Waals surface area contributed by atoms with Crippen LogP contribution in [0.2, 0.25) is 5.02 Å². The van der Waals surface area contributed by atoms with Crippen molar-refractivity contribution in [2.45, 2.75) is 46.3 Å². The first-order valence-electron chi connectivity index (χ1n) is 11.8. The Bertz CT molecular complexity index is 1280.